The zero-order valence-electron chi connectivity index (χ0n) is 20.3. The van der Waals surface area contributed by atoms with Gasteiger partial charge in [0.05, 0.1) is 30.2 Å². The molecule has 4 aromatic rings. The molecule has 9 heteroatoms. The third-order valence-corrected chi connectivity index (χ3v) is 8.61. The Labute approximate surface area is 213 Å². The molecule has 8 nitrogen and oxygen atoms in total. The van der Waals surface area contributed by atoms with Crippen LogP contribution in [0.3, 0.4) is 0 Å². The van der Waals surface area contributed by atoms with Gasteiger partial charge in [-0.15, -0.1) is 0 Å². The fourth-order valence-electron chi connectivity index (χ4n) is 5.10. The maximum Gasteiger partial charge on any atom is 0.328 e. The number of nitrogens with zero attached hydrogens (tertiary/aromatic N) is 1. The largest absolute Gasteiger partial charge is 0.468 e. The first-order valence-corrected chi connectivity index (χ1v) is 12.9. The van der Waals surface area contributed by atoms with E-state index in [1.165, 1.54) is 24.3 Å². The molecule has 1 aliphatic rings. The van der Waals surface area contributed by atoms with Crippen LogP contribution in [0.25, 0.3) is 10.9 Å². The van der Waals surface area contributed by atoms with Crippen molar-refractivity contribution >= 4 is 38.6 Å². The lowest BCUT2D eigenvalue weighted by Crippen LogP contribution is -2.48. The van der Waals surface area contributed by atoms with Gasteiger partial charge in [0.15, 0.2) is 11.2 Å². The number of aromatic nitrogens is 1. The molecule has 0 spiro atoms. The molecule has 0 radical (unpaired) electrons. The molecule has 0 N–H and O–H groups in total. The Kier molecular flexibility index (Phi) is 5.75. The molecule has 1 aromatic heterocycles. The molecule has 188 valence electrons. The van der Waals surface area contributed by atoms with Gasteiger partial charge in [0.2, 0.25) is 0 Å². The monoisotopic (exact) mass is 517 g/mol. The van der Waals surface area contributed by atoms with Gasteiger partial charge in [-0.3, -0.25) is 14.4 Å². The molecular weight excluding hydrogens is 494 g/mol. The van der Waals surface area contributed by atoms with Gasteiger partial charge in [-0.05, 0) is 30.7 Å². The van der Waals surface area contributed by atoms with Gasteiger partial charge in [0.25, 0.3) is 10.0 Å². The van der Waals surface area contributed by atoms with Gasteiger partial charge >= 0.3 is 11.9 Å². The van der Waals surface area contributed by atoms with E-state index in [0.717, 1.165) is 23.8 Å². The smallest absolute Gasteiger partial charge is 0.328 e. The summed E-state index contributed by atoms with van der Waals surface area (Å²) in [6.45, 7) is 1.84. The number of hydrogen-bond donors (Lipinski definition) is 0. The van der Waals surface area contributed by atoms with Crippen LogP contribution < -0.4 is 0 Å². The van der Waals surface area contributed by atoms with Crippen molar-refractivity contribution < 1.29 is 32.3 Å². The number of ether oxygens (including phenoxy) is 2. The summed E-state index contributed by atoms with van der Waals surface area (Å²) in [6.07, 6.45) is -0.468. The Morgan fingerprint density at radius 2 is 1.46 bits per heavy atom. The van der Waals surface area contributed by atoms with Crippen LogP contribution in [0.15, 0.2) is 77.7 Å². The molecule has 0 aliphatic heterocycles. The van der Waals surface area contributed by atoms with Crippen LogP contribution in [0, 0.1) is 6.92 Å². The van der Waals surface area contributed by atoms with Crippen molar-refractivity contribution in [2.24, 2.45) is 0 Å². The fourth-order valence-corrected chi connectivity index (χ4v) is 6.65. The molecule has 0 fully saturated rings. The molecule has 0 saturated carbocycles. The van der Waals surface area contributed by atoms with Crippen LogP contribution in [-0.4, -0.2) is 44.3 Å². The van der Waals surface area contributed by atoms with Gasteiger partial charge in [-0.2, -0.15) is 0 Å². The first kappa shape index (κ1) is 24.5. The number of esters is 2. The lowest BCUT2D eigenvalue weighted by Gasteiger charge is -2.29. The highest BCUT2D eigenvalue weighted by atomic mass is 32.2. The molecule has 37 heavy (non-hydrogen) atoms. The number of carbonyl (C=O) groups excluding carboxylic acids is 3. The van der Waals surface area contributed by atoms with Crippen LogP contribution in [0.4, 0.5) is 0 Å². The maximum atomic E-state index is 14.1. The van der Waals surface area contributed by atoms with E-state index in [9.17, 15) is 22.8 Å². The predicted octanol–water partition coefficient (Wildman–Crippen LogP) is 3.56. The van der Waals surface area contributed by atoms with E-state index >= 15 is 0 Å². The van der Waals surface area contributed by atoms with Crippen LogP contribution in [0.2, 0.25) is 0 Å². The third kappa shape index (κ3) is 3.41. The summed E-state index contributed by atoms with van der Waals surface area (Å²) < 4.78 is 39.4. The van der Waals surface area contributed by atoms with Gasteiger partial charge < -0.3 is 9.47 Å². The van der Waals surface area contributed by atoms with Gasteiger partial charge in [-0.1, -0.05) is 60.2 Å². The van der Waals surface area contributed by atoms with Gasteiger partial charge in [-0.25, -0.2) is 12.4 Å². The highest BCUT2D eigenvalue weighted by Crippen LogP contribution is 2.43. The number of ketones is 1. The molecular formula is C28H23NO7S. The summed E-state index contributed by atoms with van der Waals surface area (Å²) in [7, 11) is -2.01. The standard InChI is InChI=1S/C28H23NO7S/c1-17-12-14-18(15-13-17)37(33,34)29-22-11-7-5-9-20(22)24-23(29)16-28(26(31)35-2,27(32)36-3)21-10-6-4-8-19(21)25(24)30/h4-15H,16H2,1-3H3. The summed E-state index contributed by atoms with van der Waals surface area (Å²) in [5.74, 6) is -2.43. The minimum atomic E-state index is -4.26. The van der Waals surface area contributed by atoms with E-state index in [4.69, 9.17) is 9.47 Å². The molecule has 0 unspecified atom stereocenters. The van der Waals surface area contributed by atoms with Gasteiger partial charge in [0.1, 0.15) is 0 Å². The van der Waals surface area contributed by atoms with E-state index in [-0.39, 0.29) is 32.8 Å². The number of carbonyl (C=O) groups is 3. The summed E-state index contributed by atoms with van der Waals surface area (Å²) in [5.41, 5.74) is -0.700. The van der Waals surface area contributed by atoms with Crippen molar-refractivity contribution in [2.75, 3.05) is 14.2 Å². The third-order valence-electron chi connectivity index (χ3n) is 6.84. The SMILES string of the molecule is COC(=O)C1(C(=O)OC)Cc2c(c3ccccc3n2S(=O)(=O)c2ccc(C)cc2)C(=O)c2ccccc21. The Balaban J connectivity index is 1.95. The van der Waals surface area contributed by atoms with Crippen LogP contribution in [0.5, 0.6) is 0 Å². The van der Waals surface area contributed by atoms with Crippen molar-refractivity contribution in [1.29, 1.82) is 0 Å². The molecule has 1 heterocycles. The second kappa shape index (κ2) is 8.70. The van der Waals surface area contributed by atoms with Crippen molar-refractivity contribution in [2.45, 2.75) is 23.7 Å². The van der Waals surface area contributed by atoms with Crippen LogP contribution >= 0.6 is 0 Å². The van der Waals surface area contributed by atoms with Crippen LogP contribution in [0.1, 0.15) is 32.7 Å². The number of para-hydroxylation sites is 1. The number of methoxy groups -OCH3 is 2. The predicted molar refractivity (Wildman–Crippen MR) is 135 cm³/mol. The lowest BCUT2D eigenvalue weighted by atomic mass is 9.75. The molecule has 0 atom stereocenters. The Morgan fingerprint density at radius 3 is 2.11 bits per heavy atom. The zero-order valence-corrected chi connectivity index (χ0v) is 21.2. The first-order valence-electron chi connectivity index (χ1n) is 11.4. The summed E-state index contributed by atoms with van der Waals surface area (Å²) >= 11 is 0. The average Bonchev–Trinajstić information content (AvgIpc) is 3.19. The lowest BCUT2D eigenvalue weighted by molar-refractivity contribution is -0.162. The van der Waals surface area contributed by atoms with E-state index in [1.54, 1.807) is 48.5 Å². The van der Waals surface area contributed by atoms with E-state index < -0.39 is 39.6 Å². The molecule has 1 aliphatic carbocycles. The molecule has 0 saturated heterocycles. The average molecular weight is 518 g/mol. The first-order chi connectivity index (χ1) is 17.7. The van der Waals surface area contributed by atoms with E-state index in [0.29, 0.717) is 5.39 Å². The van der Waals surface area contributed by atoms with Crippen molar-refractivity contribution in [1.82, 2.24) is 3.97 Å². The maximum absolute atomic E-state index is 14.1. The quantitative estimate of drug-likeness (QED) is 0.301. The number of benzene rings is 3. The summed E-state index contributed by atoms with van der Waals surface area (Å²) in [6, 6.07) is 19.1. The van der Waals surface area contributed by atoms with Gasteiger partial charge in [0, 0.05) is 23.1 Å². The normalized spacial score (nSPS) is 14.4. The topological polar surface area (TPSA) is 109 Å². The number of aryl methyl sites for hydroxylation is 1. The van der Waals surface area contributed by atoms with E-state index in [1.807, 2.05) is 6.92 Å². The van der Waals surface area contributed by atoms with Crippen molar-refractivity contribution in [3.63, 3.8) is 0 Å². The highest BCUT2D eigenvalue weighted by molar-refractivity contribution is 7.90. The number of fused-ring (bicyclic) bond motifs is 4. The zero-order chi connectivity index (χ0) is 26.5. The molecule has 0 amide bonds. The minimum absolute atomic E-state index is 0.00113. The molecule has 0 bridgehead atoms. The number of rotatable bonds is 4. The summed E-state index contributed by atoms with van der Waals surface area (Å²) in [4.78, 5) is 40.9. The Morgan fingerprint density at radius 1 is 0.865 bits per heavy atom. The van der Waals surface area contributed by atoms with Crippen molar-refractivity contribution in [3.8, 4) is 0 Å². The Hall–Kier alpha value is -4.24. The molecule has 3 aromatic carbocycles. The van der Waals surface area contributed by atoms with E-state index in [2.05, 4.69) is 0 Å². The second-order valence-corrected chi connectivity index (χ2v) is 10.6. The molecule has 5 rings (SSSR count). The fraction of sp³-hybridized carbons (Fsp3) is 0.179. The van der Waals surface area contributed by atoms with Crippen LogP contribution in [-0.2, 0) is 40.9 Å². The Bertz CT molecular complexity index is 1680. The summed E-state index contributed by atoms with van der Waals surface area (Å²) in [5, 5.41) is 0.388. The highest BCUT2D eigenvalue weighted by Gasteiger charge is 2.55. The minimum Gasteiger partial charge on any atom is -0.468 e. The second-order valence-electron chi connectivity index (χ2n) is 8.86. The number of hydrogen-bond acceptors (Lipinski definition) is 7. The van der Waals surface area contributed by atoms with Crippen molar-refractivity contribution in [3.05, 3.63) is 101 Å².